The molecule has 0 atom stereocenters. The molecule has 1 aliphatic rings. The average molecular weight is 846 g/mol. The summed E-state index contributed by atoms with van der Waals surface area (Å²) in [6, 6.07) is 13.6. The lowest BCUT2D eigenvalue weighted by Crippen LogP contribution is -2.38. The molecule has 16 nitrogen and oxygen atoms in total. The number of benzene rings is 2. The van der Waals surface area contributed by atoms with Crippen LogP contribution in [0, 0.1) is 6.92 Å². The van der Waals surface area contributed by atoms with E-state index in [1.54, 1.807) is 38.4 Å². The van der Waals surface area contributed by atoms with Gasteiger partial charge in [0.25, 0.3) is 15.7 Å². The normalized spacial score (nSPS) is 13.6. The lowest BCUT2D eigenvalue weighted by atomic mass is 10.1. The van der Waals surface area contributed by atoms with Gasteiger partial charge in [-0.25, -0.2) is 4.98 Å². The highest BCUT2D eigenvalue weighted by Crippen LogP contribution is 2.29. The summed E-state index contributed by atoms with van der Waals surface area (Å²) < 4.78 is 64.4. The van der Waals surface area contributed by atoms with Crippen LogP contribution in [-0.2, 0) is 49.8 Å². The molecule has 1 aliphatic heterocycles. The van der Waals surface area contributed by atoms with E-state index < -0.39 is 10.1 Å². The fourth-order valence-electron chi connectivity index (χ4n) is 5.86. The molecule has 0 radical (unpaired) electrons. The molecule has 1 saturated heterocycles. The van der Waals surface area contributed by atoms with Crippen molar-refractivity contribution in [1.29, 1.82) is 0 Å². The van der Waals surface area contributed by atoms with E-state index in [0.29, 0.717) is 87.3 Å². The van der Waals surface area contributed by atoms with Crippen LogP contribution in [-0.4, -0.2) is 121 Å². The number of hydrogen-bond donors (Lipinski definition) is 1. The lowest BCUT2D eigenvalue weighted by molar-refractivity contribution is -0.120. The van der Waals surface area contributed by atoms with Crippen molar-refractivity contribution in [2.24, 2.45) is 7.05 Å². The summed E-state index contributed by atoms with van der Waals surface area (Å²) in [6.07, 6.45) is 3.63. The Morgan fingerprint density at radius 3 is 2.14 bits per heavy atom. The monoisotopic (exact) mass is 845 g/mol. The first-order chi connectivity index (χ1) is 28.0. The number of fused-ring (bicyclic) bond motifs is 1. The van der Waals surface area contributed by atoms with E-state index in [0.717, 1.165) is 36.9 Å². The Bertz CT molecular complexity index is 2100. The van der Waals surface area contributed by atoms with Crippen molar-refractivity contribution in [3.8, 4) is 5.75 Å². The predicted octanol–water partition coefficient (Wildman–Crippen LogP) is 4.85. The summed E-state index contributed by atoms with van der Waals surface area (Å²) in [4.78, 5) is 35.9. The Kier molecular flexibility index (Phi) is 17.7. The third kappa shape index (κ3) is 13.7. The van der Waals surface area contributed by atoms with Crippen LogP contribution in [0.4, 0.5) is 17.5 Å². The number of carbonyl (C=O) groups is 1. The molecule has 0 unspecified atom stereocenters. The van der Waals surface area contributed by atoms with Gasteiger partial charge in [0.15, 0.2) is 17.4 Å². The number of Topliss-reactive ketones (excluding diaryl/α,β-unsaturated/α-hetero) is 1. The van der Waals surface area contributed by atoms with Crippen LogP contribution < -0.4 is 20.5 Å². The van der Waals surface area contributed by atoms with E-state index >= 15 is 0 Å². The molecule has 316 valence electrons. The van der Waals surface area contributed by atoms with Crippen molar-refractivity contribution in [3.63, 3.8) is 0 Å². The summed E-state index contributed by atoms with van der Waals surface area (Å²) in [5, 5.41) is 4.38. The number of ether oxygens (including phenoxy) is 6. The molecule has 18 heteroatoms. The van der Waals surface area contributed by atoms with Crippen LogP contribution in [0.2, 0.25) is 5.02 Å². The van der Waals surface area contributed by atoms with Gasteiger partial charge in [-0.15, -0.1) is 0 Å². The third-order valence-corrected chi connectivity index (χ3v) is 10.8. The second kappa shape index (κ2) is 22.8. The average Bonchev–Trinajstić information content (AvgIpc) is 3.22. The number of anilines is 3. The van der Waals surface area contributed by atoms with E-state index in [1.165, 1.54) is 16.7 Å². The number of pyridine rings is 1. The first-order valence-electron chi connectivity index (χ1n) is 19.3. The van der Waals surface area contributed by atoms with Crippen molar-refractivity contribution >= 4 is 55.9 Å². The molecule has 0 amide bonds. The number of aromatic nitrogens is 3. The van der Waals surface area contributed by atoms with Crippen LogP contribution >= 0.6 is 11.6 Å². The van der Waals surface area contributed by atoms with Gasteiger partial charge in [-0.05, 0) is 56.2 Å². The van der Waals surface area contributed by atoms with E-state index in [-0.39, 0.29) is 47.9 Å². The number of piperidine rings is 1. The van der Waals surface area contributed by atoms with Crippen molar-refractivity contribution < 1.29 is 45.8 Å². The van der Waals surface area contributed by atoms with Crippen molar-refractivity contribution in [1.82, 2.24) is 14.5 Å². The number of ketones is 1. The molecular formula is C40H52ClN5O11S. The summed E-state index contributed by atoms with van der Waals surface area (Å²) >= 11 is 6.49. The summed E-state index contributed by atoms with van der Waals surface area (Å²) in [5.74, 6) is 1.03. The Labute approximate surface area is 343 Å². The van der Waals surface area contributed by atoms with Crippen molar-refractivity contribution in [2.45, 2.75) is 44.1 Å². The zero-order valence-corrected chi connectivity index (χ0v) is 34.7. The van der Waals surface area contributed by atoms with Crippen LogP contribution in [0.5, 0.6) is 5.75 Å². The van der Waals surface area contributed by atoms with Crippen LogP contribution in [0.1, 0.15) is 31.7 Å². The lowest BCUT2D eigenvalue weighted by Gasteiger charge is -2.32. The van der Waals surface area contributed by atoms with Gasteiger partial charge >= 0.3 is 0 Å². The first-order valence-corrected chi connectivity index (χ1v) is 21.0. The topological polar surface area (TPSA) is 179 Å². The molecule has 0 spiro atoms. The smallest absolute Gasteiger partial charge is 0.297 e. The number of nitrogens with zero attached hydrogens (tertiary/aromatic N) is 4. The molecule has 1 fully saturated rings. The number of hydrogen-bond acceptors (Lipinski definition) is 15. The molecule has 4 aromatic rings. The summed E-state index contributed by atoms with van der Waals surface area (Å²) in [7, 11) is -2.13. The van der Waals surface area contributed by atoms with Crippen LogP contribution in [0.25, 0.3) is 10.9 Å². The maximum atomic E-state index is 12.8. The SMILES string of the molecule is CCC(=O)COc1cc2cc(Nc3nc(N4CCC(OCCOCCOCCOCCOCCOS(=O)(=O)c5ccc(C)cc5)CC4)ncc3Cl)ccc2n(C)c1=O. The minimum absolute atomic E-state index is 0.0733. The standard InChI is InChI=1S/C40H52ClN5O11S/c1-4-32(47)28-56-37-26-30-25-31(7-10-36(30)45(3)39(37)48)43-38-35(41)27-42-40(44-38)46-13-11-33(12-14-46)55-23-21-53-19-17-51-15-16-52-18-20-54-22-24-57-58(49,50)34-8-5-29(2)6-9-34/h5-10,25-27,33H,4,11-24,28H2,1-3H3,(H,42,43,44). The molecule has 1 N–H and O–H groups in total. The second-order valence-electron chi connectivity index (χ2n) is 13.4. The Morgan fingerprint density at radius 2 is 1.50 bits per heavy atom. The minimum atomic E-state index is -3.80. The Morgan fingerprint density at radius 1 is 0.879 bits per heavy atom. The fraction of sp³-hybridized carbons (Fsp3) is 0.500. The zero-order chi connectivity index (χ0) is 41.3. The van der Waals surface area contributed by atoms with Gasteiger partial charge < -0.3 is 43.2 Å². The van der Waals surface area contributed by atoms with E-state index in [9.17, 15) is 18.0 Å². The van der Waals surface area contributed by atoms with Gasteiger partial charge in [-0.2, -0.15) is 13.4 Å². The minimum Gasteiger partial charge on any atom is -0.480 e. The predicted molar refractivity (Wildman–Crippen MR) is 219 cm³/mol. The van der Waals surface area contributed by atoms with Crippen molar-refractivity contribution in [3.05, 3.63) is 75.7 Å². The summed E-state index contributed by atoms with van der Waals surface area (Å²) in [5.41, 5.74) is 2.06. The van der Waals surface area contributed by atoms with E-state index in [4.69, 9.17) is 49.2 Å². The Balaban J connectivity index is 0.906. The van der Waals surface area contributed by atoms with Crippen LogP contribution in [0.15, 0.2) is 64.4 Å². The largest absolute Gasteiger partial charge is 0.480 e. The van der Waals surface area contributed by atoms with Crippen LogP contribution in [0.3, 0.4) is 0 Å². The fourth-order valence-corrected chi connectivity index (χ4v) is 6.89. The highest BCUT2D eigenvalue weighted by molar-refractivity contribution is 7.86. The molecule has 0 bridgehead atoms. The number of halogens is 1. The number of aryl methyl sites for hydroxylation is 2. The Hall–Kier alpha value is -4.20. The molecule has 3 heterocycles. The zero-order valence-electron chi connectivity index (χ0n) is 33.2. The molecule has 58 heavy (non-hydrogen) atoms. The van der Waals surface area contributed by atoms with Gasteiger partial charge in [0.2, 0.25) is 5.95 Å². The van der Waals surface area contributed by atoms with E-state index in [2.05, 4.69) is 15.2 Å². The van der Waals surface area contributed by atoms with Gasteiger partial charge in [-0.1, -0.05) is 36.2 Å². The molecule has 0 aliphatic carbocycles. The molecule has 2 aromatic heterocycles. The summed E-state index contributed by atoms with van der Waals surface area (Å²) in [6.45, 7) is 8.26. The maximum Gasteiger partial charge on any atom is 0.297 e. The quantitative estimate of drug-likeness (QED) is 0.0707. The number of carbonyl (C=O) groups excluding carboxylic acids is 1. The molecule has 2 aromatic carbocycles. The second-order valence-corrected chi connectivity index (χ2v) is 15.4. The highest BCUT2D eigenvalue weighted by atomic mass is 35.5. The van der Waals surface area contributed by atoms with Gasteiger partial charge in [0.05, 0.1) is 88.8 Å². The third-order valence-electron chi connectivity index (χ3n) is 9.17. The highest BCUT2D eigenvalue weighted by Gasteiger charge is 2.22. The maximum absolute atomic E-state index is 12.8. The first kappa shape index (κ1) is 44.9. The molecule has 0 saturated carbocycles. The number of rotatable bonds is 25. The van der Waals surface area contributed by atoms with Gasteiger partial charge in [-0.3, -0.25) is 13.8 Å². The van der Waals surface area contributed by atoms with E-state index in [1.807, 2.05) is 25.1 Å². The molecule has 5 rings (SSSR count). The van der Waals surface area contributed by atoms with Gasteiger partial charge in [0, 0.05) is 37.6 Å². The number of nitrogens with one attached hydrogen (secondary N) is 1. The van der Waals surface area contributed by atoms with Crippen molar-refractivity contribution in [2.75, 3.05) is 96.0 Å². The van der Waals surface area contributed by atoms with Gasteiger partial charge in [0.1, 0.15) is 11.6 Å². The molecular weight excluding hydrogens is 794 g/mol.